The second-order valence-corrected chi connectivity index (χ2v) is 7.24. The molecule has 2 amide bonds. The maximum Gasteiger partial charge on any atom is 0.270 e. The summed E-state index contributed by atoms with van der Waals surface area (Å²) in [5.41, 5.74) is 1.18. The van der Waals surface area contributed by atoms with Gasteiger partial charge in [0.05, 0.1) is 5.69 Å². The molecule has 1 saturated heterocycles. The highest BCUT2D eigenvalue weighted by Gasteiger charge is 2.34. The summed E-state index contributed by atoms with van der Waals surface area (Å²) in [5, 5.41) is 3.16. The van der Waals surface area contributed by atoms with E-state index in [-0.39, 0.29) is 10.7 Å². The number of hydrogen-bond donors (Lipinski definition) is 1. The number of thiocarbonyl (C=S) groups is 1. The van der Waals surface area contributed by atoms with Crippen LogP contribution in [0.5, 0.6) is 11.5 Å². The van der Waals surface area contributed by atoms with Crippen LogP contribution in [-0.4, -0.2) is 16.9 Å². The first-order valence-electron chi connectivity index (χ1n) is 9.01. The Kier molecular flexibility index (Phi) is 5.61. The Hall–Kier alpha value is -3.48. The number of nitrogens with one attached hydrogen (secondary N) is 1. The van der Waals surface area contributed by atoms with Crippen LogP contribution in [0.3, 0.4) is 0 Å². The monoisotopic (exact) mass is 434 g/mol. The Morgan fingerprint density at radius 3 is 2.17 bits per heavy atom. The van der Waals surface area contributed by atoms with Gasteiger partial charge in [-0.25, -0.2) is 0 Å². The average Bonchev–Trinajstić information content (AvgIpc) is 2.74. The number of carbonyl (C=O) groups excluding carboxylic acids is 2. The van der Waals surface area contributed by atoms with Gasteiger partial charge in [-0.05, 0) is 72.4 Å². The van der Waals surface area contributed by atoms with Gasteiger partial charge in [0.25, 0.3) is 11.8 Å². The molecule has 1 heterocycles. The third-order valence-electron chi connectivity index (χ3n) is 4.36. The zero-order chi connectivity index (χ0) is 21.1. The lowest BCUT2D eigenvalue weighted by molar-refractivity contribution is -0.122. The van der Waals surface area contributed by atoms with E-state index in [1.165, 1.54) is 11.0 Å². The van der Waals surface area contributed by atoms with E-state index in [1.807, 2.05) is 30.3 Å². The summed E-state index contributed by atoms with van der Waals surface area (Å²) >= 11 is 11.1. The number of halogens is 1. The lowest BCUT2D eigenvalue weighted by atomic mass is 10.1. The minimum absolute atomic E-state index is 0.0180. The van der Waals surface area contributed by atoms with E-state index < -0.39 is 11.8 Å². The molecule has 1 aliphatic heterocycles. The van der Waals surface area contributed by atoms with Gasteiger partial charge in [-0.1, -0.05) is 41.9 Å². The fourth-order valence-corrected chi connectivity index (χ4v) is 3.31. The van der Waals surface area contributed by atoms with Crippen molar-refractivity contribution in [2.75, 3.05) is 4.90 Å². The number of benzene rings is 3. The molecule has 3 aromatic carbocycles. The number of ether oxygens (including phenoxy) is 1. The maximum absolute atomic E-state index is 13.0. The molecule has 0 unspecified atom stereocenters. The molecule has 7 heteroatoms. The molecule has 0 bridgehead atoms. The molecule has 0 atom stereocenters. The molecular weight excluding hydrogens is 420 g/mol. The Morgan fingerprint density at radius 2 is 1.50 bits per heavy atom. The van der Waals surface area contributed by atoms with Gasteiger partial charge >= 0.3 is 0 Å². The van der Waals surface area contributed by atoms with E-state index in [4.69, 9.17) is 28.6 Å². The highest BCUT2D eigenvalue weighted by molar-refractivity contribution is 7.80. The molecule has 4 rings (SSSR count). The third-order valence-corrected chi connectivity index (χ3v) is 4.89. The standard InChI is InChI=1S/C23H15ClN2O3S/c24-16-8-6-15(7-9-16)14-20-21(27)25-23(30)26(22(20)28)17-10-12-19(13-11-17)29-18-4-2-1-3-5-18/h1-14H,(H,25,27,30). The van der Waals surface area contributed by atoms with Gasteiger partial charge in [0.2, 0.25) is 0 Å². The summed E-state index contributed by atoms with van der Waals surface area (Å²) in [5.74, 6) is 0.271. The topological polar surface area (TPSA) is 58.6 Å². The van der Waals surface area contributed by atoms with Crippen molar-refractivity contribution in [3.05, 3.63) is 95.0 Å². The van der Waals surface area contributed by atoms with Crippen LogP contribution in [0.2, 0.25) is 5.02 Å². The molecule has 0 spiro atoms. The zero-order valence-corrected chi connectivity index (χ0v) is 17.1. The van der Waals surface area contributed by atoms with Gasteiger partial charge < -0.3 is 4.74 Å². The fourth-order valence-electron chi connectivity index (χ4n) is 2.91. The van der Waals surface area contributed by atoms with Crippen molar-refractivity contribution >= 4 is 52.5 Å². The number of nitrogens with zero attached hydrogens (tertiary/aromatic N) is 1. The molecule has 148 valence electrons. The van der Waals surface area contributed by atoms with Crippen LogP contribution in [0.1, 0.15) is 5.56 Å². The smallest absolute Gasteiger partial charge is 0.270 e. The summed E-state index contributed by atoms with van der Waals surface area (Å²) in [6.07, 6.45) is 1.51. The van der Waals surface area contributed by atoms with Gasteiger partial charge in [0, 0.05) is 5.02 Å². The molecule has 1 fully saturated rings. The second-order valence-electron chi connectivity index (χ2n) is 6.42. The number of anilines is 1. The van der Waals surface area contributed by atoms with Crippen LogP contribution in [0.15, 0.2) is 84.4 Å². The first kappa shape index (κ1) is 19.8. The number of para-hydroxylation sites is 1. The van der Waals surface area contributed by atoms with E-state index >= 15 is 0 Å². The largest absolute Gasteiger partial charge is 0.457 e. The molecule has 1 N–H and O–H groups in total. The second kappa shape index (κ2) is 8.49. The summed E-state index contributed by atoms with van der Waals surface area (Å²) in [7, 11) is 0. The molecule has 0 saturated carbocycles. The van der Waals surface area contributed by atoms with Crippen molar-refractivity contribution < 1.29 is 14.3 Å². The summed E-state index contributed by atoms with van der Waals surface area (Å²) < 4.78 is 5.77. The molecule has 0 aromatic heterocycles. The Morgan fingerprint density at radius 1 is 0.867 bits per heavy atom. The van der Waals surface area contributed by atoms with Gasteiger partial charge in [0.15, 0.2) is 5.11 Å². The van der Waals surface area contributed by atoms with E-state index in [0.717, 1.165) is 0 Å². The predicted octanol–water partition coefficient (Wildman–Crippen LogP) is 4.96. The zero-order valence-electron chi connectivity index (χ0n) is 15.5. The highest BCUT2D eigenvalue weighted by Crippen LogP contribution is 2.27. The normalized spacial score (nSPS) is 15.3. The quantitative estimate of drug-likeness (QED) is 0.358. The van der Waals surface area contributed by atoms with Gasteiger partial charge in [0.1, 0.15) is 17.1 Å². The van der Waals surface area contributed by atoms with Gasteiger partial charge in [-0.15, -0.1) is 0 Å². The van der Waals surface area contributed by atoms with E-state index in [1.54, 1.807) is 48.5 Å². The SMILES string of the molecule is O=C1NC(=S)N(c2ccc(Oc3ccccc3)cc2)C(=O)C1=Cc1ccc(Cl)cc1. The Balaban J connectivity index is 1.59. The summed E-state index contributed by atoms with van der Waals surface area (Å²) in [4.78, 5) is 26.7. The third kappa shape index (κ3) is 4.25. The minimum atomic E-state index is -0.541. The van der Waals surface area contributed by atoms with Gasteiger partial charge in [-0.3, -0.25) is 19.8 Å². The molecule has 5 nitrogen and oxygen atoms in total. The van der Waals surface area contributed by atoms with Crippen molar-refractivity contribution in [3.8, 4) is 11.5 Å². The minimum Gasteiger partial charge on any atom is -0.457 e. The van der Waals surface area contributed by atoms with Crippen molar-refractivity contribution in [1.29, 1.82) is 0 Å². The number of amides is 2. The lowest BCUT2D eigenvalue weighted by Crippen LogP contribution is -2.54. The molecule has 1 aliphatic rings. The molecular formula is C23H15ClN2O3S. The lowest BCUT2D eigenvalue weighted by Gasteiger charge is -2.29. The van der Waals surface area contributed by atoms with Gasteiger partial charge in [-0.2, -0.15) is 0 Å². The molecule has 0 aliphatic carbocycles. The summed E-state index contributed by atoms with van der Waals surface area (Å²) in [6, 6.07) is 23.1. The highest BCUT2D eigenvalue weighted by atomic mass is 35.5. The number of carbonyl (C=O) groups is 2. The van der Waals surface area contributed by atoms with Crippen molar-refractivity contribution in [3.63, 3.8) is 0 Å². The van der Waals surface area contributed by atoms with Crippen LogP contribution < -0.4 is 15.0 Å². The molecule has 0 radical (unpaired) electrons. The molecule has 30 heavy (non-hydrogen) atoms. The fraction of sp³-hybridized carbons (Fsp3) is 0. The van der Waals surface area contributed by atoms with Crippen LogP contribution in [0.4, 0.5) is 5.69 Å². The average molecular weight is 435 g/mol. The van der Waals surface area contributed by atoms with Crippen LogP contribution in [0.25, 0.3) is 6.08 Å². The van der Waals surface area contributed by atoms with E-state index in [2.05, 4.69) is 5.32 Å². The van der Waals surface area contributed by atoms with E-state index in [9.17, 15) is 9.59 Å². The van der Waals surface area contributed by atoms with Crippen molar-refractivity contribution in [2.45, 2.75) is 0 Å². The number of hydrogen-bond acceptors (Lipinski definition) is 4. The van der Waals surface area contributed by atoms with Crippen LogP contribution >= 0.6 is 23.8 Å². The first-order chi connectivity index (χ1) is 14.5. The Labute approximate surface area is 183 Å². The summed E-state index contributed by atoms with van der Waals surface area (Å²) in [6.45, 7) is 0. The maximum atomic E-state index is 13.0. The van der Waals surface area contributed by atoms with Crippen LogP contribution in [-0.2, 0) is 9.59 Å². The number of rotatable bonds is 4. The predicted molar refractivity (Wildman–Crippen MR) is 121 cm³/mol. The van der Waals surface area contributed by atoms with E-state index in [0.29, 0.717) is 27.8 Å². The molecule has 3 aromatic rings. The van der Waals surface area contributed by atoms with Crippen molar-refractivity contribution in [2.24, 2.45) is 0 Å². The van der Waals surface area contributed by atoms with Crippen molar-refractivity contribution in [1.82, 2.24) is 5.32 Å². The van der Waals surface area contributed by atoms with Crippen LogP contribution in [0, 0.1) is 0 Å². The Bertz CT molecular complexity index is 1140. The first-order valence-corrected chi connectivity index (χ1v) is 9.80.